The van der Waals surface area contributed by atoms with Gasteiger partial charge < -0.3 is 4.74 Å². The van der Waals surface area contributed by atoms with Crippen molar-refractivity contribution >= 4 is 5.97 Å². The second-order valence-corrected chi connectivity index (χ2v) is 4.61. The average molecular weight is 298 g/mol. The van der Waals surface area contributed by atoms with E-state index in [0.717, 1.165) is 0 Å². The van der Waals surface area contributed by atoms with Gasteiger partial charge in [0.25, 0.3) is 0 Å². The van der Waals surface area contributed by atoms with Crippen molar-refractivity contribution in [2.75, 3.05) is 6.61 Å². The van der Waals surface area contributed by atoms with Gasteiger partial charge in [0, 0.05) is 0 Å². The smallest absolute Gasteiger partial charge is 0.435 e. The fourth-order valence-corrected chi connectivity index (χ4v) is 0.829. The summed E-state index contributed by atoms with van der Waals surface area (Å²) in [7, 11) is 0. The van der Waals surface area contributed by atoms with Crippen LogP contribution in [0.15, 0.2) is 0 Å². The van der Waals surface area contributed by atoms with Gasteiger partial charge in [-0.15, -0.1) is 0 Å². The van der Waals surface area contributed by atoms with Gasteiger partial charge in [-0.2, -0.15) is 26.3 Å². The predicted molar refractivity (Wildman–Crippen MR) is 51.0 cm³/mol. The number of esters is 1. The molecule has 0 amide bonds. The minimum absolute atomic E-state index is 0.114. The number of carbonyl (C=O) groups excluding carboxylic acids is 1. The third-order valence-electron chi connectivity index (χ3n) is 2.74. The predicted octanol–water partition coefficient (Wildman–Crippen LogP) is 3.80. The molecular weight excluding hydrogens is 285 g/mol. The topological polar surface area (TPSA) is 26.3 Å². The fourth-order valence-electron chi connectivity index (χ4n) is 0.829. The van der Waals surface area contributed by atoms with E-state index in [1.807, 2.05) is 0 Å². The Morgan fingerprint density at radius 3 is 1.58 bits per heavy atom. The van der Waals surface area contributed by atoms with E-state index in [-0.39, 0.29) is 6.42 Å². The molecular formula is C10H13F7O2. The lowest BCUT2D eigenvalue weighted by atomic mass is 9.90. The maximum Gasteiger partial charge on any atom is 0.435 e. The summed E-state index contributed by atoms with van der Waals surface area (Å²) >= 11 is 0. The molecule has 9 heteroatoms. The van der Waals surface area contributed by atoms with Gasteiger partial charge >= 0.3 is 24.0 Å². The molecule has 0 aliphatic heterocycles. The number of halogens is 7. The average Bonchev–Trinajstić information content (AvgIpc) is 2.21. The Hall–Kier alpha value is -1.02. The highest BCUT2D eigenvalue weighted by Gasteiger charge is 2.73. The molecule has 0 saturated heterocycles. The Morgan fingerprint density at radius 2 is 1.32 bits per heavy atom. The quantitative estimate of drug-likeness (QED) is 0.583. The van der Waals surface area contributed by atoms with Crippen LogP contribution < -0.4 is 0 Å². The van der Waals surface area contributed by atoms with E-state index >= 15 is 0 Å². The summed E-state index contributed by atoms with van der Waals surface area (Å²) < 4.78 is 89.8. The minimum Gasteiger partial charge on any atom is -0.461 e. The monoisotopic (exact) mass is 298 g/mol. The zero-order valence-electron chi connectivity index (χ0n) is 10.4. The lowest BCUT2D eigenvalue weighted by molar-refractivity contribution is -0.349. The standard InChI is InChI=1S/C10H13F7O2/c1-4-7(2,3)6(18)19-5-8(11,9(12,13)14)10(15,16)17/h4-5H2,1-3H3. The highest BCUT2D eigenvalue weighted by molar-refractivity contribution is 5.75. The molecule has 0 atom stereocenters. The Bertz CT molecular complexity index is 316. The highest BCUT2D eigenvalue weighted by Crippen LogP contribution is 2.46. The van der Waals surface area contributed by atoms with Crippen molar-refractivity contribution in [3.63, 3.8) is 0 Å². The molecule has 0 saturated carbocycles. The van der Waals surface area contributed by atoms with E-state index in [1.165, 1.54) is 20.8 Å². The third kappa shape index (κ3) is 3.73. The van der Waals surface area contributed by atoms with Gasteiger partial charge in [-0.05, 0) is 20.3 Å². The van der Waals surface area contributed by atoms with Crippen molar-refractivity contribution in [2.24, 2.45) is 5.41 Å². The molecule has 114 valence electrons. The first kappa shape index (κ1) is 18.0. The first-order valence-corrected chi connectivity index (χ1v) is 5.18. The zero-order valence-corrected chi connectivity index (χ0v) is 10.4. The van der Waals surface area contributed by atoms with Crippen LogP contribution in [0, 0.1) is 5.41 Å². The van der Waals surface area contributed by atoms with Crippen molar-refractivity contribution in [2.45, 2.75) is 45.2 Å². The molecule has 0 rings (SSSR count). The molecule has 0 aromatic rings. The summed E-state index contributed by atoms with van der Waals surface area (Å²) in [6.45, 7) is 1.56. The van der Waals surface area contributed by atoms with Crippen molar-refractivity contribution in [3.05, 3.63) is 0 Å². The molecule has 0 fully saturated rings. The molecule has 19 heavy (non-hydrogen) atoms. The van der Waals surface area contributed by atoms with Crippen molar-refractivity contribution in [1.82, 2.24) is 0 Å². The van der Waals surface area contributed by atoms with Gasteiger partial charge in [-0.1, -0.05) is 6.92 Å². The van der Waals surface area contributed by atoms with E-state index in [4.69, 9.17) is 0 Å². The lowest BCUT2D eigenvalue weighted by Gasteiger charge is -2.30. The summed E-state index contributed by atoms with van der Waals surface area (Å²) in [6.07, 6.45) is -12.3. The Balaban J connectivity index is 5.07. The zero-order chi connectivity index (χ0) is 15.7. The number of alkyl halides is 7. The van der Waals surface area contributed by atoms with Crippen molar-refractivity contribution < 1.29 is 40.3 Å². The fraction of sp³-hybridized carbons (Fsp3) is 0.900. The molecule has 0 N–H and O–H groups in total. The van der Waals surface area contributed by atoms with Gasteiger partial charge in [-0.3, -0.25) is 4.79 Å². The SMILES string of the molecule is CCC(C)(C)C(=O)OCC(F)(C(F)(F)F)C(F)(F)F. The third-order valence-corrected chi connectivity index (χ3v) is 2.74. The summed E-state index contributed by atoms with van der Waals surface area (Å²) in [5, 5.41) is 0. The van der Waals surface area contributed by atoms with E-state index < -0.39 is 36.0 Å². The van der Waals surface area contributed by atoms with Crippen LogP contribution in [-0.4, -0.2) is 30.6 Å². The second-order valence-electron chi connectivity index (χ2n) is 4.61. The molecule has 0 bridgehead atoms. The molecule has 0 aliphatic rings. The van der Waals surface area contributed by atoms with Crippen LogP contribution in [0.4, 0.5) is 30.7 Å². The normalized spacial score (nSPS) is 14.4. The Kier molecular flexibility index (Phi) is 4.89. The van der Waals surface area contributed by atoms with E-state index in [2.05, 4.69) is 4.74 Å². The second kappa shape index (κ2) is 5.16. The molecule has 0 aliphatic carbocycles. The van der Waals surface area contributed by atoms with Gasteiger partial charge in [0.15, 0.2) is 0 Å². The van der Waals surface area contributed by atoms with E-state index in [9.17, 15) is 35.5 Å². The number of rotatable bonds is 4. The van der Waals surface area contributed by atoms with Crippen LogP contribution >= 0.6 is 0 Å². The maximum absolute atomic E-state index is 13.1. The Labute approximate surface area is 104 Å². The summed E-state index contributed by atoms with van der Waals surface area (Å²) in [6, 6.07) is 0. The van der Waals surface area contributed by atoms with Crippen molar-refractivity contribution in [1.29, 1.82) is 0 Å². The summed E-state index contributed by atoms with van der Waals surface area (Å²) in [5.41, 5.74) is -6.86. The van der Waals surface area contributed by atoms with Crippen LogP contribution in [0.3, 0.4) is 0 Å². The van der Waals surface area contributed by atoms with Gasteiger partial charge in [-0.25, -0.2) is 4.39 Å². The van der Waals surface area contributed by atoms with Gasteiger partial charge in [0.1, 0.15) is 6.61 Å². The number of hydrogen-bond donors (Lipinski definition) is 0. The largest absolute Gasteiger partial charge is 0.461 e. The first-order chi connectivity index (χ1) is 8.19. The maximum atomic E-state index is 13.1. The molecule has 0 spiro atoms. The molecule has 0 unspecified atom stereocenters. The van der Waals surface area contributed by atoms with Crippen molar-refractivity contribution in [3.8, 4) is 0 Å². The number of hydrogen-bond acceptors (Lipinski definition) is 2. The van der Waals surface area contributed by atoms with Gasteiger partial charge in [0.05, 0.1) is 5.41 Å². The number of carbonyl (C=O) groups is 1. The van der Waals surface area contributed by atoms with E-state index in [0.29, 0.717) is 0 Å². The minimum atomic E-state index is -6.22. The Morgan fingerprint density at radius 1 is 0.947 bits per heavy atom. The molecule has 0 aromatic heterocycles. The van der Waals surface area contributed by atoms with Crippen LogP contribution in [0.2, 0.25) is 0 Å². The molecule has 0 radical (unpaired) electrons. The molecule has 0 heterocycles. The van der Waals surface area contributed by atoms with Crippen LogP contribution in [-0.2, 0) is 9.53 Å². The van der Waals surface area contributed by atoms with E-state index in [1.54, 1.807) is 0 Å². The number of ether oxygens (including phenoxy) is 1. The van der Waals surface area contributed by atoms with Gasteiger partial charge in [0.2, 0.25) is 0 Å². The van der Waals surface area contributed by atoms with Crippen LogP contribution in [0.1, 0.15) is 27.2 Å². The van der Waals surface area contributed by atoms with Crippen LogP contribution in [0.25, 0.3) is 0 Å². The molecule has 0 aromatic carbocycles. The highest BCUT2D eigenvalue weighted by atomic mass is 19.4. The lowest BCUT2D eigenvalue weighted by Crippen LogP contribution is -2.57. The van der Waals surface area contributed by atoms with Crippen LogP contribution in [0.5, 0.6) is 0 Å². The first-order valence-electron chi connectivity index (χ1n) is 5.18. The summed E-state index contributed by atoms with van der Waals surface area (Å²) in [4.78, 5) is 11.3. The summed E-state index contributed by atoms with van der Waals surface area (Å²) in [5.74, 6) is -1.33. The molecule has 2 nitrogen and oxygen atoms in total.